The van der Waals surface area contributed by atoms with Gasteiger partial charge in [-0.25, -0.2) is 4.79 Å². The quantitative estimate of drug-likeness (QED) is 0.292. The highest BCUT2D eigenvalue weighted by Gasteiger charge is 2.04. The Hall–Kier alpha value is -1.51. The van der Waals surface area contributed by atoms with E-state index in [1.165, 1.54) is 44.9 Å². The number of carbonyl (C=O) groups excluding carboxylic acids is 1. The van der Waals surface area contributed by atoms with Crippen molar-refractivity contribution in [3.05, 3.63) is 30.3 Å². The molecule has 118 valence electrons. The maximum Gasteiger partial charge on any atom is 0.355 e. The highest BCUT2D eigenvalue weighted by molar-refractivity contribution is 5.68. The third-order valence-electron chi connectivity index (χ3n) is 3.46. The first-order valence-corrected chi connectivity index (χ1v) is 8.25. The van der Waals surface area contributed by atoms with Crippen LogP contribution in [0.5, 0.6) is 5.75 Å². The smallest absolute Gasteiger partial charge is 0.287 e. The van der Waals surface area contributed by atoms with Crippen LogP contribution >= 0.6 is 0 Å². The van der Waals surface area contributed by atoms with Gasteiger partial charge in [-0.3, -0.25) is 9.78 Å². The zero-order valence-electron chi connectivity index (χ0n) is 13.2. The summed E-state index contributed by atoms with van der Waals surface area (Å²) in [6.45, 7) is 2.24. The van der Waals surface area contributed by atoms with E-state index in [-0.39, 0.29) is 5.97 Å². The monoisotopic (exact) mass is 292 g/mol. The summed E-state index contributed by atoms with van der Waals surface area (Å²) in [6.07, 6.45) is 11.6. The van der Waals surface area contributed by atoms with Gasteiger partial charge in [-0.1, -0.05) is 76.5 Å². The Bertz CT molecular complexity index is 362. The van der Waals surface area contributed by atoms with Crippen molar-refractivity contribution in [2.75, 3.05) is 0 Å². The Morgan fingerprint density at radius 3 is 2.05 bits per heavy atom. The van der Waals surface area contributed by atoms with Crippen LogP contribution in [0.1, 0.15) is 71.1 Å². The molecule has 0 atom stereocenters. The van der Waals surface area contributed by atoms with Gasteiger partial charge >= 0.3 is 5.97 Å². The molecular formula is C18H28O3. The highest BCUT2D eigenvalue weighted by Crippen LogP contribution is 2.12. The minimum Gasteiger partial charge on any atom is -0.287 e. The fraction of sp³-hybridized carbons (Fsp3) is 0.611. The van der Waals surface area contributed by atoms with E-state index in [0.29, 0.717) is 12.2 Å². The van der Waals surface area contributed by atoms with Crippen LogP contribution < -0.4 is 4.89 Å². The molecule has 0 bridgehead atoms. The third kappa shape index (κ3) is 9.94. The fourth-order valence-electron chi connectivity index (χ4n) is 2.19. The molecule has 0 spiro atoms. The number of unbranched alkanes of at least 4 members (excludes halogenated alkanes) is 8. The predicted octanol–water partition coefficient (Wildman–Crippen LogP) is 5.44. The predicted molar refractivity (Wildman–Crippen MR) is 85.0 cm³/mol. The summed E-state index contributed by atoms with van der Waals surface area (Å²) in [5, 5.41) is 0. The van der Waals surface area contributed by atoms with Gasteiger partial charge in [0.1, 0.15) is 0 Å². The molecule has 0 aliphatic carbocycles. The van der Waals surface area contributed by atoms with Crippen molar-refractivity contribution in [1.82, 2.24) is 0 Å². The Labute approximate surface area is 128 Å². The number of rotatable bonds is 12. The third-order valence-corrected chi connectivity index (χ3v) is 3.46. The normalized spacial score (nSPS) is 10.3. The summed E-state index contributed by atoms with van der Waals surface area (Å²) < 4.78 is 0. The van der Waals surface area contributed by atoms with Gasteiger partial charge in [0.2, 0.25) is 0 Å². The molecule has 3 heteroatoms. The van der Waals surface area contributed by atoms with E-state index in [0.717, 1.165) is 12.8 Å². The van der Waals surface area contributed by atoms with Crippen LogP contribution in [0, 0.1) is 0 Å². The lowest BCUT2D eigenvalue weighted by Crippen LogP contribution is -2.07. The Morgan fingerprint density at radius 2 is 1.43 bits per heavy atom. The van der Waals surface area contributed by atoms with E-state index >= 15 is 0 Å². The molecule has 0 saturated carbocycles. The molecule has 1 aromatic rings. The number of benzene rings is 1. The second-order valence-electron chi connectivity index (χ2n) is 5.43. The van der Waals surface area contributed by atoms with Crippen LogP contribution in [0.3, 0.4) is 0 Å². The topological polar surface area (TPSA) is 35.5 Å². The van der Waals surface area contributed by atoms with Crippen molar-refractivity contribution in [2.24, 2.45) is 0 Å². The molecule has 0 aromatic heterocycles. The first-order chi connectivity index (χ1) is 10.3. The van der Waals surface area contributed by atoms with Crippen LogP contribution in [0.15, 0.2) is 30.3 Å². The molecule has 0 saturated heterocycles. The lowest BCUT2D eigenvalue weighted by atomic mass is 10.1. The largest absolute Gasteiger partial charge is 0.355 e. The van der Waals surface area contributed by atoms with Crippen molar-refractivity contribution < 1.29 is 14.6 Å². The molecule has 3 nitrogen and oxygen atoms in total. The number of carbonyl (C=O) groups is 1. The van der Waals surface area contributed by atoms with Crippen LogP contribution in [0.4, 0.5) is 0 Å². The van der Waals surface area contributed by atoms with Gasteiger partial charge in [0, 0.05) is 0 Å². The molecule has 0 N–H and O–H groups in total. The van der Waals surface area contributed by atoms with Crippen LogP contribution in [-0.4, -0.2) is 5.97 Å². The van der Waals surface area contributed by atoms with Crippen LogP contribution in [0.25, 0.3) is 0 Å². The van der Waals surface area contributed by atoms with Crippen LogP contribution in [-0.2, 0) is 9.68 Å². The molecule has 0 fully saturated rings. The zero-order valence-corrected chi connectivity index (χ0v) is 13.2. The average Bonchev–Trinajstić information content (AvgIpc) is 2.52. The van der Waals surface area contributed by atoms with Gasteiger partial charge < -0.3 is 0 Å². The average molecular weight is 292 g/mol. The minimum atomic E-state index is -0.290. The van der Waals surface area contributed by atoms with Crippen molar-refractivity contribution in [2.45, 2.75) is 71.1 Å². The molecule has 0 amide bonds. The van der Waals surface area contributed by atoms with Gasteiger partial charge in [-0.2, -0.15) is 0 Å². The van der Waals surface area contributed by atoms with E-state index in [2.05, 4.69) is 6.92 Å². The second kappa shape index (κ2) is 12.2. The van der Waals surface area contributed by atoms with Gasteiger partial charge in [-0.05, 0) is 18.6 Å². The first kappa shape index (κ1) is 17.5. The molecule has 1 aromatic carbocycles. The van der Waals surface area contributed by atoms with Crippen LogP contribution in [0.2, 0.25) is 0 Å². The van der Waals surface area contributed by atoms with Gasteiger partial charge in [0.05, 0.1) is 6.42 Å². The molecule has 0 aliphatic heterocycles. The zero-order chi connectivity index (χ0) is 15.2. The van der Waals surface area contributed by atoms with Crippen molar-refractivity contribution in [1.29, 1.82) is 0 Å². The van der Waals surface area contributed by atoms with Gasteiger partial charge in [-0.15, -0.1) is 0 Å². The fourth-order valence-corrected chi connectivity index (χ4v) is 2.19. The minimum absolute atomic E-state index is 0.290. The summed E-state index contributed by atoms with van der Waals surface area (Å²) in [6, 6.07) is 9.07. The number of para-hydroxylation sites is 1. The molecule has 21 heavy (non-hydrogen) atoms. The van der Waals surface area contributed by atoms with E-state index < -0.39 is 0 Å². The lowest BCUT2D eigenvalue weighted by Gasteiger charge is -2.04. The van der Waals surface area contributed by atoms with E-state index in [1.54, 1.807) is 12.1 Å². The Kier molecular flexibility index (Phi) is 10.2. The molecule has 0 heterocycles. The Morgan fingerprint density at radius 1 is 0.857 bits per heavy atom. The van der Waals surface area contributed by atoms with Crippen molar-refractivity contribution >= 4 is 5.97 Å². The summed E-state index contributed by atoms with van der Waals surface area (Å²) in [5.41, 5.74) is 0. The number of hydrogen-bond donors (Lipinski definition) is 0. The van der Waals surface area contributed by atoms with E-state index in [1.807, 2.05) is 18.2 Å². The Balaban J connectivity index is 1.89. The second-order valence-corrected chi connectivity index (χ2v) is 5.43. The maximum absolute atomic E-state index is 11.5. The standard InChI is InChI=1S/C18H28O3/c1-2-3-4-5-6-7-8-9-13-16-18(19)21-20-17-14-11-10-12-15-17/h10-12,14-15H,2-9,13,16H2,1H3. The van der Waals surface area contributed by atoms with E-state index in [9.17, 15) is 4.79 Å². The van der Waals surface area contributed by atoms with Gasteiger partial charge in [0.15, 0.2) is 5.75 Å². The molecule has 0 unspecified atom stereocenters. The molecular weight excluding hydrogens is 264 g/mol. The number of hydrogen-bond acceptors (Lipinski definition) is 3. The summed E-state index contributed by atoms with van der Waals surface area (Å²) in [4.78, 5) is 21.2. The first-order valence-electron chi connectivity index (χ1n) is 8.25. The maximum atomic E-state index is 11.5. The summed E-state index contributed by atoms with van der Waals surface area (Å²) in [5.74, 6) is 0.264. The van der Waals surface area contributed by atoms with E-state index in [4.69, 9.17) is 9.78 Å². The highest BCUT2D eigenvalue weighted by atomic mass is 17.2. The lowest BCUT2D eigenvalue weighted by molar-refractivity contribution is -0.213. The molecule has 0 radical (unpaired) electrons. The summed E-state index contributed by atoms with van der Waals surface area (Å²) >= 11 is 0. The molecule has 1 rings (SSSR count). The SMILES string of the molecule is CCCCCCCCCCCC(=O)OOc1ccccc1. The van der Waals surface area contributed by atoms with Crippen molar-refractivity contribution in [3.63, 3.8) is 0 Å². The van der Waals surface area contributed by atoms with Gasteiger partial charge in [0.25, 0.3) is 0 Å². The summed E-state index contributed by atoms with van der Waals surface area (Å²) in [7, 11) is 0. The van der Waals surface area contributed by atoms with Crippen molar-refractivity contribution in [3.8, 4) is 5.75 Å². The molecule has 0 aliphatic rings.